The summed E-state index contributed by atoms with van der Waals surface area (Å²) in [6.07, 6.45) is 1.21. The Balaban J connectivity index is 1.77. The number of sulfone groups is 1. The van der Waals surface area contributed by atoms with Gasteiger partial charge in [-0.3, -0.25) is 4.79 Å². The zero-order valence-corrected chi connectivity index (χ0v) is 16.2. The van der Waals surface area contributed by atoms with Crippen molar-refractivity contribution in [1.29, 1.82) is 0 Å². The van der Waals surface area contributed by atoms with Crippen LogP contribution in [0.25, 0.3) is 10.9 Å². The highest BCUT2D eigenvalue weighted by atomic mass is 32.2. The Morgan fingerprint density at radius 1 is 1.23 bits per heavy atom. The van der Waals surface area contributed by atoms with E-state index >= 15 is 0 Å². The molecule has 0 saturated carbocycles. The first-order valence-electron chi connectivity index (χ1n) is 8.34. The van der Waals surface area contributed by atoms with Gasteiger partial charge in [0.2, 0.25) is 5.56 Å². The normalized spacial score (nSPS) is 16.4. The van der Waals surface area contributed by atoms with Gasteiger partial charge in [-0.15, -0.1) is 0 Å². The maximum absolute atomic E-state index is 12.5. The fourth-order valence-electron chi connectivity index (χ4n) is 3.65. The van der Waals surface area contributed by atoms with Gasteiger partial charge in [-0.2, -0.15) is 0 Å². The lowest BCUT2D eigenvalue weighted by molar-refractivity contribution is 0.0713. The molecule has 140 valence electrons. The molecule has 0 aliphatic carbocycles. The van der Waals surface area contributed by atoms with E-state index < -0.39 is 9.84 Å². The van der Waals surface area contributed by atoms with Crippen LogP contribution >= 0.6 is 0 Å². The first-order chi connectivity index (χ1) is 12.0. The number of H-pyrrole nitrogens is 1. The molecule has 26 heavy (non-hydrogen) atoms. The molecule has 1 saturated heterocycles. The molecule has 1 aliphatic heterocycles. The van der Waals surface area contributed by atoms with Crippen molar-refractivity contribution in [2.75, 3.05) is 30.4 Å². The number of urea groups is 1. The monoisotopic (exact) mass is 377 g/mol. The van der Waals surface area contributed by atoms with Crippen molar-refractivity contribution in [2.24, 2.45) is 5.41 Å². The SMILES string of the molecule is Cc1cc2[nH]c(=O)cc(C)c2cc1NC(=O)N1CC(C)(CS(C)(=O)=O)C1. The molecule has 0 unspecified atom stereocenters. The standard InChI is InChI=1S/C18H23N3O4S/c1-11-6-16(22)19-15-5-12(2)14(7-13(11)15)20-17(23)21-8-18(3,9-21)10-26(4,24)25/h5-7H,8-10H2,1-4H3,(H,19,22)(H,20,23). The highest BCUT2D eigenvalue weighted by Gasteiger charge is 2.43. The molecular weight excluding hydrogens is 354 g/mol. The smallest absolute Gasteiger partial charge is 0.321 e. The van der Waals surface area contributed by atoms with Gasteiger partial charge in [0.15, 0.2) is 0 Å². The minimum atomic E-state index is -3.08. The average molecular weight is 377 g/mol. The van der Waals surface area contributed by atoms with Crippen LogP contribution in [0.5, 0.6) is 0 Å². The lowest BCUT2D eigenvalue weighted by Crippen LogP contribution is -2.60. The zero-order valence-electron chi connectivity index (χ0n) is 15.3. The number of pyridine rings is 1. The number of nitrogens with one attached hydrogen (secondary N) is 2. The Labute approximate surface area is 152 Å². The molecular formula is C18H23N3O4S. The molecule has 1 aliphatic rings. The fraction of sp³-hybridized carbons (Fsp3) is 0.444. The summed E-state index contributed by atoms with van der Waals surface area (Å²) < 4.78 is 23.0. The van der Waals surface area contributed by atoms with E-state index in [1.165, 1.54) is 12.3 Å². The number of carbonyl (C=O) groups is 1. The van der Waals surface area contributed by atoms with Crippen molar-refractivity contribution in [2.45, 2.75) is 20.8 Å². The highest BCUT2D eigenvalue weighted by molar-refractivity contribution is 7.90. The summed E-state index contributed by atoms with van der Waals surface area (Å²) >= 11 is 0. The van der Waals surface area contributed by atoms with Crippen molar-refractivity contribution in [1.82, 2.24) is 9.88 Å². The number of fused-ring (bicyclic) bond motifs is 1. The maximum Gasteiger partial charge on any atom is 0.321 e. The van der Waals surface area contributed by atoms with E-state index in [9.17, 15) is 18.0 Å². The molecule has 2 heterocycles. The van der Waals surface area contributed by atoms with Crippen LogP contribution in [0, 0.1) is 19.3 Å². The summed E-state index contributed by atoms with van der Waals surface area (Å²) in [6, 6.07) is 4.96. The molecule has 8 heteroatoms. The number of benzene rings is 1. The number of hydrogen-bond donors (Lipinski definition) is 2. The van der Waals surface area contributed by atoms with Crippen molar-refractivity contribution >= 4 is 32.5 Å². The van der Waals surface area contributed by atoms with Gasteiger partial charge in [0.1, 0.15) is 9.84 Å². The van der Waals surface area contributed by atoms with E-state index in [0.29, 0.717) is 18.8 Å². The Hall–Kier alpha value is -2.35. The molecule has 3 rings (SSSR count). The second-order valence-corrected chi connectivity index (χ2v) is 9.84. The zero-order chi connectivity index (χ0) is 19.3. The molecule has 0 radical (unpaired) electrons. The number of aryl methyl sites for hydroxylation is 2. The van der Waals surface area contributed by atoms with Gasteiger partial charge >= 0.3 is 6.03 Å². The van der Waals surface area contributed by atoms with Crippen LogP contribution < -0.4 is 10.9 Å². The second-order valence-electron chi connectivity index (χ2n) is 7.70. The van der Waals surface area contributed by atoms with Gasteiger partial charge in [0, 0.05) is 47.4 Å². The summed E-state index contributed by atoms with van der Waals surface area (Å²) in [5.41, 5.74) is 2.54. The fourth-order valence-corrected chi connectivity index (χ4v) is 5.10. The Morgan fingerprint density at radius 2 is 1.88 bits per heavy atom. The molecule has 0 bridgehead atoms. The van der Waals surface area contributed by atoms with Gasteiger partial charge < -0.3 is 15.2 Å². The van der Waals surface area contributed by atoms with Crippen LogP contribution in [0.3, 0.4) is 0 Å². The Kier molecular flexibility index (Phi) is 4.34. The topological polar surface area (TPSA) is 99.3 Å². The number of nitrogens with zero attached hydrogens (tertiary/aromatic N) is 1. The summed E-state index contributed by atoms with van der Waals surface area (Å²) in [4.78, 5) is 28.5. The minimum Gasteiger partial charge on any atom is -0.323 e. The summed E-state index contributed by atoms with van der Waals surface area (Å²) in [5.74, 6) is 0.0747. The first kappa shape index (κ1) is 18.4. The summed E-state index contributed by atoms with van der Waals surface area (Å²) in [5, 5.41) is 3.76. The minimum absolute atomic E-state index is 0.0747. The number of anilines is 1. The van der Waals surface area contributed by atoms with Crippen molar-refractivity contribution < 1.29 is 13.2 Å². The third-order valence-corrected chi connectivity index (χ3v) is 5.90. The van der Waals surface area contributed by atoms with E-state index in [2.05, 4.69) is 10.3 Å². The molecule has 1 fully saturated rings. The largest absolute Gasteiger partial charge is 0.323 e. The Morgan fingerprint density at radius 3 is 2.50 bits per heavy atom. The number of carbonyl (C=O) groups excluding carboxylic acids is 1. The number of aromatic nitrogens is 1. The lowest BCUT2D eigenvalue weighted by atomic mass is 9.84. The van der Waals surface area contributed by atoms with E-state index in [0.717, 1.165) is 22.0 Å². The molecule has 0 spiro atoms. The van der Waals surface area contributed by atoms with E-state index in [1.807, 2.05) is 32.9 Å². The number of amides is 2. The van der Waals surface area contributed by atoms with Crippen LogP contribution in [0.2, 0.25) is 0 Å². The van der Waals surface area contributed by atoms with Gasteiger partial charge in [-0.05, 0) is 37.1 Å². The predicted octanol–water partition coefficient (Wildman–Crippen LogP) is 2.04. The molecule has 1 aromatic heterocycles. The van der Waals surface area contributed by atoms with Crippen molar-refractivity contribution in [3.63, 3.8) is 0 Å². The predicted molar refractivity (Wildman–Crippen MR) is 102 cm³/mol. The van der Waals surface area contributed by atoms with Crippen LogP contribution in [0.1, 0.15) is 18.1 Å². The molecule has 2 aromatic rings. The highest BCUT2D eigenvalue weighted by Crippen LogP contribution is 2.32. The average Bonchev–Trinajstić information content (AvgIpc) is 2.44. The molecule has 7 nitrogen and oxygen atoms in total. The van der Waals surface area contributed by atoms with Crippen molar-refractivity contribution in [3.8, 4) is 0 Å². The quantitative estimate of drug-likeness (QED) is 0.855. The van der Waals surface area contributed by atoms with Crippen LogP contribution in [-0.2, 0) is 9.84 Å². The molecule has 2 N–H and O–H groups in total. The first-order valence-corrected chi connectivity index (χ1v) is 10.4. The maximum atomic E-state index is 12.5. The van der Waals surface area contributed by atoms with Gasteiger partial charge in [-0.1, -0.05) is 6.92 Å². The van der Waals surface area contributed by atoms with Crippen LogP contribution in [0.4, 0.5) is 10.5 Å². The molecule has 2 amide bonds. The van der Waals surface area contributed by atoms with Crippen LogP contribution in [-0.4, -0.2) is 49.4 Å². The van der Waals surface area contributed by atoms with Crippen LogP contribution in [0.15, 0.2) is 23.0 Å². The summed E-state index contributed by atoms with van der Waals surface area (Å²) in [7, 11) is -3.08. The lowest BCUT2D eigenvalue weighted by Gasteiger charge is -2.47. The second kappa shape index (κ2) is 6.12. The van der Waals surface area contributed by atoms with E-state index in [4.69, 9.17) is 0 Å². The Bertz CT molecular complexity index is 1050. The summed E-state index contributed by atoms with van der Waals surface area (Å²) in [6.45, 7) is 6.40. The van der Waals surface area contributed by atoms with E-state index in [1.54, 1.807) is 4.90 Å². The van der Waals surface area contributed by atoms with Gasteiger partial charge in [0.05, 0.1) is 5.75 Å². The number of hydrogen-bond acceptors (Lipinski definition) is 4. The number of likely N-dealkylation sites (tertiary alicyclic amines) is 1. The molecule has 0 atom stereocenters. The van der Waals surface area contributed by atoms with E-state index in [-0.39, 0.29) is 22.8 Å². The van der Waals surface area contributed by atoms with Gasteiger partial charge in [-0.25, -0.2) is 13.2 Å². The van der Waals surface area contributed by atoms with Crippen molar-refractivity contribution in [3.05, 3.63) is 39.7 Å². The number of aromatic amines is 1. The third-order valence-electron chi connectivity index (χ3n) is 4.68. The molecule has 1 aromatic carbocycles. The third kappa shape index (κ3) is 3.75. The number of rotatable bonds is 3. The van der Waals surface area contributed by atoms with Gasteiger partial charge in [0.25, 0.3) is 0 Å².